The number of carbonyl (C=O) groups is 2. The molecule has 1 aromatic carbocycles. The van der Waals surface area contributed by atoms with Crippen molar-refractivity contribution in [1.29, 1.82) is 0 Å². The van der Waals surface area contributed by atoms with Crippen LogP contribution in [0.25, 0.3) is 0 Å². The number of anilines is 1. The van der Waals surface area contributed by atoms with E-state index in [1.165, 1.54) is 0 Å². The molecule has 0 unspecified atom stereocenters. The number of para-hydroxylation sites is 1. The van der Waals surface area contributed by atoms with Crippen LogP contribution in [0.2, 0.25) is 0 Å². The third-order valence-electron chi connectivity index (χ3n) is 4.77. The molecule has 0 aliphatic rings. The van der Waals surface area contributed by atoms with Gasteiger partial charge >= 0.3 is 5.97 Å². The van der Waals surface area contributed by atoms with Crippen LogP contribution < -0.4 is 5.32 Å². The second kappa shape index (κ2) is 20.2. The highest BCUT2D eigenvalue weighted by Gasteiger charge is 2.08. The van der Waals surface area contributed by atoms with Gasteiger partial charge in [-0.15, -0.1) is 0 Å². The van der Waals surface area contributed by atoms with Gasteiger partial charge in [-0.05, 0) is 56.6 Å². The Bertz CT molecular complexity index is 888. The van der Waals surface area contributed by atoms with Crippen LogP contribution >= 0.6 is 0 Å². The summed E-state index contributed by atoms with van der Waals surface area (Å²) in [4.78, 5) is 23.0. The molecular formula is C30H39NO3. The first-order chi connectivity index (χ1) is 16.6. The van der Waals surface area contributed by atoms with Crippen molar-refractivity contribution in [3.05, 3.63) is 103 Å². The highest BCUT2D eigenvalue weighted by molar-refractivity contribution is 5.92. The topological polar surface area (TPSA) is 66.4 Å². The van der Waals surface area contributed by atoms with Gasteiger partial charge in [0.2, 0.25) is 5.91 Å². The van der Waals surface area contributed by atoms with E-state index >= 15 is 0 Å². The molecule has 1 amide bonds. The van der Waals surface area contributed by atoms with Crippen LogP contribution in [0.4, 0.5) is 5.69 Å². The highest BCUT2D eigenvalue weighted by atomic mass is 16.4. The molecule has 1 rings (SSSR count). The number of amides is 1. The molecule has 0 radical (unpaired) electrons. The van der Waals surface area contributed by atoms with Crippen molar-refractivity contribution in [2.45, 2.75) is 64.7 Å². The average Bonchev–Trinajstić information content (AvgIpc) is 2.81. The van der Waals surface area contributed by atoms with Crippen molar-refractivity contribution < 1.29 is 14.7 Å². The van der Waals surface area contributed by atoms with Gasteiger partial charge in [-0.3, -0.25) is 9.59 Å². The maximum Gasteiger partial charge on any atom is 0.307 e. The lowest BCUT2D eigenvalue weighted by molar-refractivity contribution is -0.136. The minimum absolute atomic E-state index is 0.108. The monoisotopic (exact) mass is 461 g/mol. The number of nitrogens with one attached hydrogen (secondary N) is 1. The summed E-state index contributed by atoms with van der Waals surface area (Å²) in [5.41, 5.74) is 1.18. The van der Waals surface area contributed by atoms with Crippen LogP contribution in [-0.4, -0.2) is 17.0 Å². The van der Waals surface area contributed by atoms with Crippen LogP contribution in [0.15, 0.2) is 97.2 Å². The van der Waals surface area contributed by atoms with E-state index in [0.717, 1.165) is 38.5 Å². The molecule has 0 aliphatic carbocycles. The Morgan fingerprint density at radius 3 is 1.71 bits per heavy atom. The molecular weight excluding hydrogens is 422 g/mol. The van der Waals surface area contributed by atoms with Crippen molar-refractivity contribution in [2.24, 2.45) is 0 Å². The summed E-state index contributed by atoms with van der Waals surface area (Å²) in [5, 5.41) is 11.8. The lowest BCUT2D eigenvalue weighted by Gasteiger charge is -2.09. The van der Waals surface area contributed by atoms with Crippen LogP contribution in [0, 0.1) is 0 Å². The number of carbonyl (C=O) groups excluding carboxylic acids is 1. The summed E-state index contributed by atoms with van der Waals surface area (Å²) in [6.45, 7) is 2.14. The van der Waals surface area contributed by atoms with Crippen molar-refractivity contribution in [2.75, 3.05) is 5.32 Å². The standard InChI is InChI=1S/C30H39NO3/c1-2-3-4-5-6-7-8-9-10-11-12-13-14-15-16-17-18-19-20-25-29(32)31-28-24-22-21-23-27(28)26-30(33)34/h3-4,6-7,9-10,12-13,15-16,18-19,21-24H,2,5,8,11,14,17,20,25-26H2,1H3,(H,31,32)(H,33,34)/b4-3-,7-6-,10-9-,13-12-,16-15-,19-18-. The third kappa shape index (κ3) is 16.3. The fourth-order valence-corrected chi connectivity index (χ4v) is 3.03. The molecule has 182 valence electrons. The lowest BCUT2D eigenvalue weighted by atomic mass is 10.1. The summed E-state index contributed by atoms with van der Waals surface area (Å²) in [5.74, 6) is -1.03. The molecule has 0 saturated carbocycles. The Balaban J connectivity index is 2.11. The molecule has 0 fully saturated rings. The van der Waals surface area contributed by atoms with Crippen molar-refractivity contribution >= 4 is 17.6 Å². The molecule has 0 aromatic heterocycles. The van der Waals surface area contributed by atoms with Crippen molar-refractivity contribution in [1.82, 2.24) is 0 Å². The summed E-state index contributed by atoms with van der Waals surface area (Å²) >= 11 is 0. The Kier molecular flexibility index (Phi) is 17.0. The largest absolute Gasteiger partial charge is 0.481 e. The van der Waals surface area contributed by atoms with E-state index in [0.29, 0.717) is 24.1 Å². The maximum atomic E-state index is 12.1. The Labute approximate surface area is 205 Å². The first-order valence-electron chi connectivity index (χ1n) is 12.1. The highest BCUT2D eigenvalue weighted by Crippen LogP contribution is 2.16. The van der Waals surface area contributed by atoms with Gasteiger partial charge in [0, 0.05) is 12.1 Å². The second-order valence-electron chi connectivity index (χ2n) is 7.73. The van der Waals surface area contributed by atoms with Gasteiger partial charge in [-0.25, -0.2) is 0 Å². The Morgan fingerprint density at radius 2 is 1.21 bits per heavy atom. The number of carboxylic acids is 1. The van der Waals surface area contributed by atoms with Gasteiger partial charge < -0.3 is 10.4 Å². The van der Waals surface area contributed by atoms with Gasteiger partial charge in [0.15, 0.2) is 0 Å². The normalized spacial score (nSPS) is 12.4. The molecule has 1 aromatic rings. The number of hydrogen-bond donors (Lipinski definition) is 2. The quantitative estimate of drug-likeness (QED) is 0.233. The summed E-state index contributed by atoms with van der Waals surface area (Å²) in [6, 6.07) is 7.00. The van der Waals surface area contributed by atoms with Crippen LogP contribution in [-0.2, 0) is 16.0 Å². The molecule has 0 atom stereocenters. The number of hydrogen-bond acceptors (Lipinski definition) is 2. The van der Waals surface area contributed by atoms with Crippen LogP contribution in [0.1, 0.15) is 63.9 Å². The zero-order valence-electron chi connectivity index (χ0n) is 20.4. The molecule has 4 nitrogen and oxygen atoms in total. The van der Waals surface area contributed by atoms with Crippen molar-refractivity contribution in [3.8, 4) is 0 Å². The number of carboxylic acid groups (broad SMARTS) is 1. The van der Waals surface area contributed by atoms with E-state index in [1.54, 1.807) is 24.3 Å². The fraction of sp³-hybridized carbons (Fsp3) is 0.333. The number of rotatable bonds is 17. The van der Waals surface area contributed by atoms with Gasteiger partial charge in [0.1, 0.15) is 0 Å². The van der Waals surface area contributed by atoms with Crippen LogP contribution in [0.3, 0.4) is 0 Å². The van der Waals surface area contributed by atoms with Crippen LogP contribution in [0.5, 0.6) is 0 Å². The first-order valence-corrected chi connectivity index (χ1v) is 12.1. The Morgan fingerprint density at radius 1 is 0.735 bits per heavy atom. The molecule has 0 heterocycles. The summed E-state index contributed by atoms with van der Waals surface area (Å²) in [7, 11) is 0. The van der Waals surface area contributed by atoms with E-state index in [-0.39, 0.29) is 12.3 Å². The van der Waals surface area contributed by atoms with Crippen molar-refractivity contribution in [3.63, 3.8) is 0 Å². The Hall–Kier alpha value is -3.40. The third-order valence-corrected chi connectivity index (χ3v) is 4.77. The van der Waals surface area contributed by atoms with E-state index in [9.17, 15) is 9.59 Å². The minimum atomic E-state index is -0.917. The SMILES string of the molecule is CC/C=C\C/C=C\C/C=C\C/C=C\C/C=C\C/C=C\CCC(=O)Nc1ccccc1CC(=O)O. The summed E-state index contributed by atoms with van der Waals surface area (Å²) in [6.07, 6.45) is 32.6. The van der Waals surface area contributed by atoms with E-state index < -0.39 is 5.97 Å². The molecule has 0 spiro atoms. The van der Waals surface area contributed by atoms with E-state index in [2.05, 4.69) is 79.1 Å². The first kappa shape index (κ1) is 28.6. The number of benzene rings is 1. The van der Waals surface area contributed by atoms with Gasteiger partial charge in [-0.1, -0.05) is 98.0 Å². The lowest BCUT2D eigenvalue weighted by Crippen LogP contribution is -2.13. The molecule has 0 aliphatic heterocycles. The number of allylic oxidation sites excluding steroid dienone is 12. The maximum absolute atomic E-state index is 12.1. The predicted molar refractivity (Wildman–Crippen MR) is 144 cm³/mol. The fourth-order valence-electron chi connectivity index (χ4n) is 3.03. The van der Waals surface area contributed by atoms with E-state index in [1.807, 2.05) is 6.08 Å². The number of aliphatic carboxylic acids is 1. The average molecular weight is 462 g/mol. The minimum Gasteiger partial charge on any atom is -0.481 e. The molecule has 2 N–H and O–H groups in total. The zero-order valence-corrected chi connectivity index (χ0v) is 20.4. The van der Waals surface area contributed by atoms with Gasteiger partial charge in [-0.2, -0.15) is 0 Å². The molecule has 4 heteroatoms. The molecule has 34 heavy (non-hydrogen) atoms. The van der Waals surface area contributed by atoms with Gasteiger partial charge in [0.25, 0.3) is 0 Å². The van der Waals surface area contributed by atoms with E-state index in [4.69, 9.17) is 5.11 Å². The smallest absolute Gasteiger partial charge is 0.307 e. The zero-order chi connectivity index (χ0) is 24.7. The predicted octanol–water partition coefficient (Wildman–Crippen LogP) is 7.73. The summed E-state index contributed by atoms with van der Waals surface area (Å²) < 4.78 is 0. The second-order valence-corrected chi connectivity index (χ2v) is 7.73. The molecule has 0 bridgehead atoms. The van der Waals surface area contributed by atoms with Gasteiger partial charge in [0.05, 0.1) is 6.42 Å². The molecule has 0 saturated heterocycles.